The fourth-order valence-corrected chi connectivity index (χ4v) is 3.15. The van der Waals surface area contributed by atoms with Gasteiger partial charge in [0.15, 0.2) is 0 Å². The molecule has 1 aromatic carbocycles. The summed E-state index contributed by atoms with van der Waals surface area (Å²) >= 11 is 5.79. The van der Waals surface area contributed by atoms with Gasteiger partial charge in [0.1, 0.15) is 5.82 Å². The van der Waals surface area contributed by atoms with E-state index in [1.165, 1.54) is 12.1 Å². The maximum atomic E-state index is 13.2. The zero-order valence-corrected chi connectivity index (χ0v) is 12.0. The predicted octanol–water partition coefficient (Wildman–Crippen LogP) is 3.67. The first-order chi connectivity index (χ1) is 8.98. The second-order valence-corrected chi connectivity index (χ2v) is 6.23. The van der Waals surface area contributed by atoms with E-state index in [2.05, 4.69) is 6.92 Å². The Balaban J connectivity index is 2.25. The summed E-state index contributed by atoms with van der Waals surface area (Å²) in [7, 11) is 0. The van der Waals surface area contributed by atoms with Crippen LogP contribution in [0.15, 0.2) is 18.2 Å². The van der Waals surface area contributed by atoms with Crippen LogP contribution in [0.3, 0.4) is 0 Å². The molecule has 0 aliphatic heterocycles. The van der Waals surface area contributed by atoms with Crippen molar-refractivity contribution in [2.24, 2.45) is 17.1 Å². The summed E-state index contributed by atoms with van der Waals surface area (Å²) < 4.78 is 13.2. The van der Waals surface area contributed by atoms with Crippen LogP contribution in [0.4, 0.5) is 4.39 Å². The molecule has 19 heavy (non-hydrogen) atoms. The Labute approximate surface area is 118 Å². The van der Waals surface area contributed by atoms with E-state index in [4.69, 9.17) is 17.3 Å². The average Bonchev–Trinajstić information content (AvgIpc) is 2.42. The lowest BCUT2D eigenvalue weighted by molar-refractivity contribution is -0.00821. The molecular formula is C15H21ClFNO. The second-order valence-electron chi connectivity index (χ2n) is 5.83. The van der Waals surface area contributed by atoms with Gasteiger partial charge in [0.05, 0.1) is 11.1 Å². The third kappa shape index (κ3) is 2.93. The largest absolute Gasteiger partial charge is 0.388 e. The van der Waals surface area contributed by atoms with Crippen molar-refractivity contribution in [1.82, 2.24) is 0 Å². The molecule has 1 aliphatic carbocycles. The van der Waals surface area contributed by atoms with Gasteiger partial charge in [0, 0.05) is 12.0 Å². The molecule has 0 aromatic heterocycles. The van der Waals surface area contributed by atoms with Crippen molar-refractivity contribution in [2.45, 2.75) is 38.7 Å². The van der Waals surface area contributed by atoms with Crippen molar-refractivity contribution in [3.05, 3.63) is 34.6 Å². The summed E-state index contributed by atoms with van der Waals surface area (Å²) in [6.07, 6.45) is 3.27. The van der Waals surface area contributed by atoms with E-state index in [9.17, 15) is 9.50 Å². The average molecular weight is 286 g/mol. The van der Waals surface area contributed by atoms with Gasteiger partial charge >= 0.3 is 0 Å². The SMILES string of the molecule is CC1CCC(CN)(C(O)c2ccc(F)c(Cl)c2)CC1. The zero-order chi connectivity index (χ0) is 14.0. The normalized spacial score (nSPS) is 29.2. The zero-order valence-electron chi connectivity index (χ0n) is 11.2. The molecule has 3 N–H and O–H groups in total. The summed E-state index contributed by atoms with van der Waals surface area (Å²) in [6, 6.07) is 4.41. The summed E-state index contributed by atoms with van der Waals surface area (Å²) in [6.45, 7) is 2.66. The first-order valence-corrected chi connectivity index (χ1v) is 7.19. The molecule has 1 saturated carbocycles. The molecule has 2 rings (SSSR count). The van der Waals surface area contributed by atoms with Gasteiger partial charge in [-0.15, -0.1) is 0 Å². The highest BCUT2D eigenvalue weighted by molar-refractivity contribution is 6.30. The lowest BCUT2D eigenvalue weighted by Crippen LogP contribution is -2.40. The topological polar surface area (TPSA) is 46.2 Å². The van der Waals surface area contributed by atoms with Gasteiger partial charge in [-0.2, -0.15) is 0 Å². The fraction of sp³-hybridized carbons (Fsp3) is 0.600. The number of halogens is 2. The molecule has 1 aliphatic rings. The minimum absolute atomic E-state index is 0.0490. The maximum absolute atomic E-state index is 13.2. The smallest absolute Gasteiger partial charge is 0.141 e. The van der Waals surface area contributed by atoms with Crippen LogP contribution in [-0.4, -0.2) is 11.7 Å². The Morgan fingerprint density at radius 2 is 2.11 bits per heavy atom. The predicted molar refractivity (Wildman–Crippen MR) is 75.5 cm³/mol. The third-order valence-electron chi connectivity index (χ3n) is 4.52. The first-order valence-electron chi connectivity index (χ1n) is 6.81. The fourth-order valence-electron chi connectivity index (χ4n) is 2.96. The molecule has 0 heterocycles. The molecule has 1 atom stereocenters. The van der Waals surface area contributed by atoms with Crippen LogP contribution in [0.2, 0.25) is 5.02 Å². The van der Waals surface area contributed by atoms with E-state index in [0.29, 0.717) is 18.0 Å². The van der Waals surface area contributed by atoms with Crippen LogP contribution < -0.4 is 5.73 Å². The van der Waals surface area contributed by atoms with Gasteiger partial charge in [-0.25, -0.2) is 4.39 Å². The van der Waals surface area contributed by atoms with Gasteiger partial charge in [0.25, 0.3) is 0 Å². The molecule has 0 amide bonds. The van der Waals surface area contributed by atoms with Crippen LogP contribution in [0.25, 0.3) is 0 Å². The molecule has 106 valence electrons. The first kappa shape index (κ1) is 14.8. The number of nitrogens with two attached hydrogens (primary N) is 1. The van der Waals surface area contributed by atoms with Crippen molar-refractivity contribution in [3.8, 4) is 0 Å². The molecule has 4 heteroatoms. The van der Waals surface area contributed by atoms with E-state index < -0.39 is 11.9 Å². The van der Waals surface area contributed by atoms with Crippen molar-refractivity contribution in [3.63, 3.8) is 0 Å². The molecule has 0 bridgehead atoms. The van der Waals surface area contributed by atoms with Crippen molar-refractivity contribution in [1.29, 1.82) is 0 Å². The van der Waals surface area contributed by atoms with Crippen LogP contribution >= 0.6 is 11.6 Å². The Morgan fingerprint density at radius 1 is 1.47 bits per heavy atom. The molecular weight excluding hydrogens is 265 g/mol. The Hall–Kier alpha value is -0.640. The quantitative estimate of drug-likeness (QED) is 0.890. The Bertz CT molecular complexity index is 444. The number of aliphatic hydroxyl groups excluding tert-OH is 1. The Kier molecular flexibility index (Phi) is 4.49. The lowest BCUT2D eigenvalue weighted by atomic mass is 9.66. The van der Waals surface area contributed by atoms with Crippen molar-refractivity contribution in [2.75, 3.05) is 6.54 Å². The maximum Gasteiger partial charge on any atom is 0.141 e. The number of benzene rings is 1. The highest BCUT2D eigenvalue weighted by Crippen LogP contribution is 2.47. The molecule has 0 spiro atoms. The summed E-state index contributed by atoms with van der Waals surface area (Å²) in [5.74, 6) is 0.223. The molecule has 1 fully saturated rings. The highest BCUT2D eigenvalue weighted by atomic mass is 35.5. The molecule has 0 saturated heterocycles. The standard InChI is InChI=1S/C15H21ClFNO/c1-10-4-6-15(9-18,7-5-10)14(19)11-2-3-13(17)12(16)8-11/h2-3,8,10,14,19H,4-7,9,18H2,1H3. The number of rotatable bonds is 3. The van der Waals surface area contributed by atoms with Crippen LogP contribution in [-0.2, 0) is 0 Å². The third-order valence-corrected chi connectivity index (χ3v) is 4.81. The monoisotopic (exact) mass is 285 g/mol. The molecule has 2 nitrogen and oxygen atoms in total. The molecule has 0 radical (unpaired) electrons. The van der Waals surface area contributed by atoms with E-state index in [1.807, 2.05) is 0 Å². The van der Waals surface area contributed by atoms with Gasteiger partial charge < -0.3 is 10.8 Å². The summed E-state index contributed by atoms with van der Waals surface area (Å²) in [4.78, 5) is 0. The minimum Gasteiger partial charge on any atom is -0.388 e. The van der Waals surface area contributed by atoms with Crippen molar-refractivity contribution >= 4 is 11.6 Å². The lowest BCUT2D eigenvalue weighted by Gasteiger charge is -2.42. The summed E-state index contributed by atoms with van der Waals surface area (Å²) in [5.41, 5.74) is 6.28. The van der Waals surface area contributed by atoms with Crippen LogP contribution in [0, 0.1) is 17.2 Å². The van der Waals surface area contributed by atoms with E-state index in [-0.39, 0.29) is 10.4 Å². The van der Waals surface area contributed by atoms with E-state index in [0.717, 1.165) is 25.7 Å². The number of hydrogen-bond donors (Lipinski definition) is 2. The number of aliphatic hydroxyl groups is 1. The molecule has 1 aromatic rings. The van der Waals surface area contributed by atoms with Gasteiger partial charge in [0.2, 0.25) is 0 Å². The van der Waals surface area contributed by atoms with Gasteiger partial charge in [-0.3, -0.25) is 0 Å². The molecule has 1 unspecified atom stereocenters. The van der Waals surface area contributed by atoms with E-state index >= 15 is 0 Å². The van der Waals surface area contributed by atoms with Crippen LogP contribution in [0.1, 0.15) is 44.3 Å². The van der Waals surface area contributed by atoms with Gasteiger partial charge in [-0.1, -0.05) is 37.4 Å². The Morgan fingerprint density at radius 3 is 2.63 bits per heavy atom. The van der Waals surface area contributed by atoms with E-state index in [1.54, 1.807) is 6.07 Å². The summed E-state index contributed by atoms with van der Waals surface area (Å²) in [5, 5.41) is 10.7. The number of hydrogen-bond acceptors (Lipinski definition) is 2. The van der Waals surface area contributed by atoms with Crippen LogP contribution in [0.5, 0.6) is 0 Å². The van der Waals surface area contributed by atoms with Gasteiger partial charge in [-0.05, 0) is 36.5 Å². The van der Waals surface area contributed by atoms with Crippen molar-refractivity contribution < 1.29 is 9.50 Å². The second kappa shape index (κ2) is 5.78. The highest BCUT2D eigenvalue weighted by Gasteiger charge is 2.40. The minimum atomic E-state index is -0.678.